The maximum atomic E-state index is 10.9. The molecular formula is C8H11ClO2S. The predicted molar refractivity (Wildman–Crippen MR) is 52.5 cm³/mol. The Morgan fingerprint density at radius 3 is 2.25 bits per heavy atom. The monoisotopic (exact) mass is 206 g/mol. The Bertz CT molecular complexity index is 323. The summed E-state index contributed by atoms with van der Waals surface area (Å²) in [6.45, 7) is 6.74. The fraction of sp³-hybridized carbons (Fsp3) is 0.250. The largest absolute Gasteiger partial charge is 0.261 e. The Morgan fingerprint density at radius 1 is 1.50 bits per heavy atom. The lowest BCUT2D eigenvalue weighted by molar-refractivity contribution is 0.615. The topological polar surface area (TPSA) is 34.1 Å². The van der Waals surface area contributed by atoms with E-state index in [0.717, 1.165) is 0 Å². The van der Waals surface area contributed by atoms with E-state index >= 15 is 0 Å². The van der Waals surface area contributed by atoms with Gasteiger partial charge in [0, 0.05) is 10.7 Å². The van der Waals surface area contributed by atoms with Gasteiger partial charge in [-0.25, -0.2) is 8.42 Å². The van der Waals surface area contributed by atoms with Crippen LogP contribution in [0.3, 0.4) is 0 Å². The molecule has 0 amide bonds. The van der Waals surface area contributed by atoms with Crippen LogP contribution in [-0.4, -0.2) is 8.42 Å². The number of hydrogen-bond acceptors (Lipinski definition) is 2. The van der Waals surface area contributed by atoms with E-state index in [2.05, 4.69) is 6.58 Å². The second kappa shape index (κ2) is 4.48. The summed E-state index contributed by atoms with van der Waals surface area (Å²) >= 11 is 0. The van der Waals surface area contributed by atoms with Gasteiger partial charge in [0.2, 0.25) is 0 Å². The maximum absolute atomic E-state index is 10.9. The zero-order chi connectivity index (χ0) is 9.78. The molecule has 4 heteroatoms. The summed E-state index contributed by atoms with van der Waals surface area (Å²) in [5, 5.41) is 0. The van der Waals surface area contributed by atoms with Crippen LogP contribution in [0.1, 0.15) is 13.8 Å². The molecule has 0 aromatic heterocycles. The van der Waals surface area contributed by atoms with Crippen molar-refractivity contribution in [1.29, 1.82) is 0 Å². The molecule has 0 rings (SSSR count). The van der Waals surface area contributed by atoms with Crippen molar-refractivity contribution in [3.8, 4) is 0 Å². The van der Waals surface area contributed by atoms with Gasteiger partial charge in [-0.2, -0.15) is 0 Å². The summed E-state index contributed by atoms with van der Waals surface area (Å²) < 4.78 is 21.8. The van der Waals surface area contributed by atoms with Crippen LogP contribution in [0.4, 0.5) is 0 Å². The first-order valence-corrected chi connectivity index (χ1v) is 5.65. The summed E-state index contributed by atoms with van der Waals surface area (Å²) in [5.74, 6) is 0. The van der Waals surface area contributed by atoms with Crippen LogP contribution in [0, 0.1) is 0 Å². The van der Waals surface area contributed by atoms with Crippen molar-refractivity contribution in [2.45, 2.75) is 13.8 Å². The highest BCUT2D eigenvalue weighted by Gasteiger charge is 2.13. The molecule has 0 unspecified atom stereocenters. The lowest BCUT2D eigenvalue weighted by atomic mass is 10.2. The molecule has 0 bridgehead atoms. The molecule has 0 N–H and O–H groups in total. The van der Waals surface area contributed by atoms with Crippen LogP contribution < -0.4 is 0 Å². The number of rotatable bonds is 3. The first-order chi connectivity index (χ1) is 5.43. The predicted octanol–water partition coefficient (Wildman–Crippen LogP) is 2.59. The van der Waals surface area contributed by atoms with Crippen molar-refractivity contribution in [2.24, 2.45) is 0 Å². The lowest BCUT2D eigenvalue weighted by Crippen LogP contribution is -1.95. The van der Waals surface area contributed by atoms with Crippen LogP contribution in [-0.2, 0) is 9.05 Å². The molecule has 0 aromatic rings. The van der Waals surface area contributed by atoms with Crippen molar-refractivity contribution >= 4 is 19.7 Å². The molecular weight excluding hydrogens is 196 g/mol. The van der Waals surface area contributed by atoms with Gasteiger partial charge in [-0.05, 0) is 19.4 Å². The highest BCUT2D eigenvalue weighted by molar-refractivity contribution is 8.17. The van der Waals surface area contributed by atoms with Crippen LogP contribution in [0.25, 0.3) is 0 Å². The van der Waals surface area contributed by atoms with Gasteiger partial charge >= 0.3 is 0 Å². The van der Waals surface area contributed by atoms with Gasteiger partial charge in [0.1, 0.15) is 0 Å². The van der Waals surface area contributed by atoms with Crippen molar-refractivity contribution in [2.75, 3.05) is 0 Å². The second-order valence-corrected chi connectivity index (χ2v) is 4.71. The summed E-state index contributed by atoms with van der Waals surface area (Å²) in [6.07, 6.45) is 4.56. The molecule has 68 valence electrons. The minimum atomic E-state index is -3.62. The number of halogens is 1. The fourth-order valence-corrected chi connectivity index (χ4v) is 2.19. The van der Waals surface area contributed by atoms with Crippen molar-refractivity contribution < 1.29 is 8.42 Å². The summed E-state index contributed by atoms with van der Waals surface area (Å²) in [6, 6.07) is 0. The van der Waals surface area contributed by atoms with Gasteiger partial charge in [-0.3, -0.25) is 0 Å². The zero-order valence-corrected chi connectivity index (χ0v) is 8.61. The van der Waals surface area contributed by atoms with Gasteiger partial charge in [0.05, 0.1) is 4.91 Å². The van der Waals surface area contributed by atoms with Gasteiger partial charge in [0.15, 0.2) is 0 Å². The molecule has 0 aliphatic heterocycles. The normalized spacial score (nSPS) is 14.6. The SMILES string of the molecule is C=C/C=C(C)\C(=C/C)S(=O)(=O)Cl. The Balaban J connectivity index is 5.12. The number of allylic oxidation sites excluding steroid dienone is 4. The smallest absolute Gasteiger partial charge is 0.207 e. The Labute approximate surface area is 77.7 Å². The van der Waals surface area contributed by atoms with E-state index in [0.29, 0.717) is 5.57 Å². The van der Waals surface area contributed by atoms with E-state index in [1.165, 1.54) is 12.2 Å². The Morgan fingerprint density at radius 2 is 2.00 bits per heavy atom. The molecule has 0 atom stereocenters. The molecule has 12 heavy (non-hydrogen) atoms. The molecule has 0 heterocycles. The lowest BCUT2D eigenvalue weighted by Gasteiger charge is -2.00. The summed E-state index contributed by atoms with van der Waals surface area (Å²) in [7, 11) is 1.54. The second-order valence-electron chi connectivity index (χ2n) is 2.18. The minimum Gasteiger partial charge on any atom is -0.207 e. The summed E-state index contributed by atoms with van der Waals surface area (Å²) in [5.41, 5.74) is 0.586. The third kappa shape index (κ3) is 3.24. The third-order valence-corrected chi connectivity index (χ3v) is 2.86. The van der Waals surface area contributed by atoms with Crippen molar-refractivity contribution in [3.05, 3.63) is 35.3 Å². The maximum Gasteiger partial charge on any atom is 0.261 e. The van der Waals surface area contributed by atoms with Gasteiger partial charge in [-0.1, -0.05) is 24.8 Å². The molecule has 0 spiro atoms. The molecule has 0 radical (unpaired) electrons. The quantitative estimate of drug-likeness (QED) is 0.526. The van der Waals surface area contributed by atoms with Crippen LogP contribution in [0.5, 0.6) is 0 Å². The van der Waals surface area contributed by atoms with Crippen LogP contribution in [0.2, 0.25) is 0 Å². The standard InChI is InChI=1S/C8H11ClO2S/c1-4-6-7(3)8(5-2)12(9,10)11/h4-6H,1H2,2-3H3/b7-6-,8-5+. The fourth-order valence-electron chi connectivity index (χ4n) is 0.820. The van der Waals surface area contributed by atoms with Gasteiger partial charge in [0.25, 0.3) is 9.05 Å². The zero-order valence-electron chi connectivity index (χ0n) is 7.04. The first kappa shape index (κ1) is 11.5. The Hall–Kier alpha value is -0.540. The van der Waals surface area contributed by atoms with E-state index in [-0.39, 0.29) is 4.91 Å². The molecule has 0 aromatic carbocycles. The molecule has 2 nitrogen and oxygen atoms in total. The van der Waals surface area contributed by atoms with Crippen LogP contribution >= 0.6 is 10.7 Å². The minimum absolute atomic E-state index is 0.129. The number of hydrogen-bond donors (Lipinski definition) is 0. The van der Waals surface area contributed by atoms with Crippen molar-refractivity contribution in [1.82, 2.24) is 0 Å². The van der Waals surface area contributed by atoms with Crippen molar-refractivity contribution in [3.63, 3.8) is 0 Å². The van der Waals surface area contributed by atoms with E-state index < -0.39 is 9.05 Å². The van der Waals surface area contributed by atoms with Crippen LogP contribution in [0.15, 0.2) is 35.3 Å². The molecule has 0 saturated carbocycles. The highest BCUT2D eigenvalue weighted by atomic mass is 35.7. The molecule has 0 fully saturated rings. The Kier molecular flexibility index (Phi) is 4.28. The van der Waals surface area contributed by atoms with E-state index in [4.69, 9.17) is 10.7 Å². The van der Waals surface area contributed by atoms with E-state index in [1.807, 2.05) is 0 Å². The third-order valence-electron chi connectivity index (χ3n) is 1.28. The van der Waals surface area contributed by atoms with E-state index in [9.17, 15) is 8.42 Å². The summed E-state index contributed by atoms with van der Waals surface area (Å²) in [4.78, 5) is 0.129. The highest BCUT2D eigenvalue weighted by Crippen LogP contribution is 2.20. The molecule has 0 saturated heterocycles. The average Bonchev–Trinajstić information content (AvgIpc) is 1.85. The molecule has 0 aliphatic rings. The average molecular weight is 207 g/mol. The molecule has 0 aliphatic carbocycles. The first-order valence-electron chi connectivity index (χ1n) is 3.34. The van der Waals surface area contributed by atoms with Gasteiger partial charge in [-0.15, -0.1) is 0 Å². The van der Waals surface area contributed by atoms with Gasteiger partial charge < -0.3 is 0 Å². The van der Waals surface area contributed by atoms with E-state index in [1.54, 1.807) is 19.9 Å².